The van der Waals surface area contributed by atoms with E-state index in [1.165, 1.54) is 0 Å². The van der Waals surface area contributed by atoms with Crippen LogP contribution < -0.4 is 14.8 Å². The van der Waals surface area contributed by atoms with Gasteiger partial charge in [-0.05, 0) is 43.4 Å². The van der Waals surface area contributed by atoms with Crippen LogP contribution in [-0.4, -0.2) is 49.5 Å². The molecule has 7 nitrogen and oxygen atoms in total. The molecule has 28 heavy (non-hydrogen) atoms. The van der Waals surface area contributed by atoms with Crippen LogP contribution in [0.15, 0.2) is 18.2 Å². The number of hydrogen-bond acceptors (Lipinski definition) is 5. The smallest absolute Gasteiger partial charge is 0.341 e. The zero-order valence-corrected chi connectivity index (χ0v) is 17.1. The van der Waals surface area contributed by atoms with E-state index in [-0.39, 0.29) is 23.3 Å². The molecule has 1 aromatic rings. The fourth-order valence-corrected chi connectivity index (χ4v) is 3.51. The maximum absolute atomic E-state index is 12.6. The Labute approximate surface area is 166 Å². The number of carboxylic acids is 1. The first-order valence-electron chi connectivity index (χ1n) is 9.73. The van der Waals surface area contributed by atoms with Gasteiger partial charge in [0.2, 0.25) is 0 Å². The average molecular weight is 393 g/mol. The van der Waals surface area contributed by atoms with Crippen LogP contribution >= 0.6 is 0 Å². The van der Waals surface area contributed by atoms with E-state index in [1.807, 2.05) is 6.92 Å². The van der Waals surface area contributed by atoms with E-state index in [2.05, 4.69) is 26.1 Å². The SMILES string of the molecule is CCOc1cc(C(=O)NC[C@@H]2CCCO[C@H]2C(C)(C)C)ccc1OCC(=O)O. The number of hydrogen-bond donors (Lipinski definition) is 2. The summed E-state index contributed by atoms with van der Waals surface area (Å²) < 4.78 is 16.7. The Bertz CT molecular complexity index is 682. The second-order valence-electron chi connectivity index (χ2n) is 8.05. The molecule has 156 valence electrons. The molecule has 0 unspecified atom stereocenters. The van der Waals surface area contributed by atoms with Crippen molar-refractivity contribution in [3.63, 3.8) is 0 Å². The van der Waals surface area contributed by atoms with Crippen molar-refractivity contribution in [3.8, 4) is 11.5 Å². The van der Waals surface area contributed by atoms with Crippen LogP contribution in [0.25, 0.3) is 0 Å². The van der Waals surface area contributed by atoms with Crippen molar-refractivity contribution in [2.24, 2.45) is 11.3 Å². The molecule has 0 bridgehead atoms. The molecule has 0 spiro atoms. The number of benzene rings is 1. The van der Waals surface area contributed by atoms with Gasteiger partial charge in [-0.2, -0.15) is 0 Å². The summed E-state index contributed by atoms with van der Waals surface area (Å²) in [6.07, 6.45) is 2.12. The van der Waals surface area contributed by atoms with Crippen molar-refractivity contribution in [2.75, 3.05) is 26.4 Å². The zero-order valence-electron chi connectivity index (χ0n) is 17.1. The Balaban J connectivity index is 2.04. The second-order valence-corrected chi connectivity index (χ2v) is 8.05. The van der Waals surface area contributed by atoms with Gasteiger partial charge in [-0.1, -0.05) is 20.8 Å². The highest BCUT2D eigenvalue weighted by atomic mass is 16.5. The monoisotopic (exact) mass is 393 g/mol. The molecular weight excluding hydrogens is 362 g/mol. The molecule has 7 heteroatoms. The third kappa shape index (κ3) is 6.12. The third-order valence-electron chi connectivity index (χ3n) is 4.68. The van der Waals surface area contributed by atoms with Crippen molar-refractivity contribution < 1.29 is 28.9 Å². The molecule has 2 N–H and O–H groups in total. The summed E-state index contributed by atoms with van der Waals surface area (Å²) in [6.45, 7) is 9.49. The molecule has 0 aliphatic carbocycles. The normalized spacial score (nSPS) is 19.7. The van der Waals surface area contributed by atoms with Crippen molar-refractivity contribution in [2.45, 2.75) is 46.6 Å². The van der Waals surface area contributed by atoms with Crippen molar-refractivity contribution >= 4 is 11.9 Å². The molecule has 1 aliphatic rings. The molecule has 2 atom stereocenters. The van der Waals surface area contributed by atoms with Crippen LogP contribution in [0.3, 0.4) is 0 Å². The second kappa shape index (κ2) is 9.78. The summed E-state index contributed by atoms with van der Waals surface area (Å²) in [5.74, 6) is -0.363. The van der Waals surface area contributed by atoms with Crippen molar-refractivity contribution in [3.05, 3.63) is 23.8 Å². The maximum atomic E-state index is 12.6. The molecule has 1 fully saturated rings. The number of nitrogens with one attached hydrogen (secondary N) is 1. The summed E-state index contributed by atoms with van der Waals surface area (Å²) in [6, 6.07) is 4.74. The standard InChI is InChI=1S/C21H31NO6/c1-5-26-17-11-14(8-9-16(17)28-13-18(23)24)20(25)22-12-15-7-6-10-27-19(15)21(2,3)4/h8-9,11,15,19H,5-7,10,12-13H2,1-4H3,(H,22,25)(H,23,24)/t15-,19+/m0/s1. The highest BCUT2D eigenvalue weighted by molar-refractivity contribution is 5.94. The Morgan fingerprint density at radius 2 is 2.00 bits per heavy atom. The molecule has 2 rings (SSSR count). The molecule has 1 aromatic carbocycles. The Morgan fingerprint density at radius 1 is 1.25 bits per heavy atom. The van der Waals surface area contributed by atoms with E-state index >= 15 is 0 Å². The lowest BCUT2D eigenvalue weighted by Crippen LogP contribution is -2.45. The molecule has 1 saturated heterocycles. The van der Waals surface area contributed by atoms with Gasteiger partial charge in [-0.3, -0.25) is 4.79 Å². The molecular formula is C21H31NO6. The number of rotatable bonds is 8. The number of carbonyl (C=O) groups is 2. The van der Waals surface area contributed by atoms with Crippen molar-refractivity contribution in [1.82, 2.24) is 5.32 Å². The fraction of sp³-hybridized carbons (Fsp3) is 0.619. The minimum absolute atomic E-state index is 0.0150. The average Bonchev–Trinajstić information content (AvgIpc) is 2.64. The van der Waals surface area contributed by atoms with Gasteiger partial charge in [-0.25, -0.2) is 4.79 Å². The largest absolute Gasteiger partial charge is 0.490 e. The zero-order chi connectivity index (χ0) is 20.7. The summed E-state index contributed by atoms with van der Waals surface area (Å²) in [4.78, 5) is 23.3. The Kier molecular flexibility index (Phi) is 7.69. The van der Waals surface area contributed by atoms with Gasteiger partial charge < -0.3 is 24.6 Å². The van der Waals surface area contributed by atoms with Gasteiger partial charge in [0.25, 0.3) is 5.91 Å². The van der Waals surface area contributed by atoms with Gasteiger partial charge in [0.15, 0.2) is 18.1 Å². The highest BCUT2D eigenvalue weighted by Gasteiger charge is 2.35. The van der Waals surface area contributed by atoms with Crippen LogP contribution in [0.1, 0.15) is 50.9 Å². The minimum atomic E-state index is -1.08. The van der Waals surface area contributed by atoms with Gasteiger partial charge >= 0.3 is 5.97 Å². The molecule has 1 heterocycles. The minimum Gasteiger partial charge on any atom is -0.490 e. The number of amides is 1. The summed E-state index contributed by atoms with van der Waals surface area (Å²) in [5, 5.41) is 11.8. The summed E-state index contributed by atoms with van der Waals surface area (Å²) in [5.41, 5.74) is 0.455. The first kappa shape index (κ1) is 22.0. The first-order chi connectivity index (χ1) is 13.2. The summed E-state index contributed by atoms with van der Waals surface area (Å²) >= 11 is 0. The van der Waals surface area contributed by atoms with Crippen LogP contribution in [0, 0.1) is 11.3 Å². The first-order valence-corrected chi connectivity index (χ1v) is 9.73. The number of carbonyl (C=O) groups excluding carboxylic acids is 1. The third-order valence-corrected chi connectivity index (χ3v) is 4.68. The lowest BCUT2D eigenvalue weighted by atomic mass is 9.78. The number of ether oxygens (including phenoxy) is 3. The van der Waals surface area contributed by atoms with E-state index in [4.69, 9.17) is 19.3 Å². The predicted molar refractivity (Wildman–Crippen MR) is 105 cm³/mol. The highest BCUT2D eigenvalue weighted by Crippen LogP contribution is 2.34. The van der Waals surface area contributed by atoms with Crippen LogP contribution in [0.5, 0.6) is 11.5 Å². The molecule has 0 saturated carbocycles. The van der Waals surface area contributed by atoms with Crippen molar-refractivity contribution in [1.29, 1.82) is 0 Å². The number of carboxylic acid groups (broad SMARTS) is 1. The lowest BCUT2D eigenvalue weighted by Gasteiger charge is -2.40. The van der Waals surface area contributed by atoms with Crippen LogP contribution in [0.4, 0.5) is 0 Å². The van der Waals surface area contributed by atoms with E-state index in [0.29, 0.717) is 30.2 Å². The van der Waals surface area contributed by atoms with Gasteiger partial charge in [0, 0.05) is 24.6 Å². The quantitative estimate of drug-likeness (QED) is 0.705. The van der Waals surface area contributed by atoms with Crippen LogP contribution in [0.2, 0.25) is 0 Å². The predicted octanol–water partition coefficient (Wildman–Crippen LogP) is 3.12. The van der Waals surface area contributed by atoms with Crippen LogP contribution in [-0.2, 0) is 9.53 Å². The molecule has 1 amide bonds. The van der Waals surface area contributed by atoms with Gasteiger partial charge in [0.05, 0.1) is 12.7 Å². The maximum Gasteiger partial charge on any atom is 0.341 e. The Hall–Kier alpha value is -2.28. The van der Waals surface area contributed by atoms with E-state index in [9.17, 15) is 9.59 Å². The van der Waals surface area contributed by atoms with E-state index in [0.717, 1.165) is 19.4 Å². The molecule has 0 aromatic heterocycles. The van der Waals surface area contributed by atoms with E-state index in [1.54, 1.807) is 18.2 Å². The van der Waals surface area contributed by atoms with Gasteiger partial charge in [0.1, 0.15) is 0 Å². The molecule has 0 radical (unpaired) electrons. The lowest BCUT2D eigenvalue weighted by molar-refractivity contribution is -0.139. The Morgan fingerprint density at radius 3 is 2.64 bits per heavy atom. The number of aliphatic carboxylic acids is 1. The topological polar surface area (TPSA) is 94.1 Å². The van der Waals surface area contributed by atoms with Gasteiger partial charge in [-0.15, -0.1) is 0 Å². The van der Waals surface area contributed by atoms with E-state index < -0.39 is 12.6 Å². The molecule has 1 aliphatic heterocycles. The summed E-state index contributed by atoms with van der Waals surface area (Å²) in [7, 11) is 0. The fourth-order valence-electron chi connectivity index (χ4n) is 3.51.